The zero-order valence-corrected chi connectivity index (χ0v) is 13.5. The van der Waals surface area contributed by atoms with Crippen LogP contribution in [0.1, 0.15) is 31.3 Å². The van der Waals surface area contributed by atoms with Crippen LogP contribution in [0.4, 0.5) is 5.69 Å². The molecule has 1 aromatic carbocycles. The zero-order chi connectivity index (χ0) is 16.4. The number of rotatable bonds is 3. The molecule has 0 N–H and O–H groups in total. The highest BCUT2D eigenvalue weighted by molar-refractivity contribution is 6.06. The number of carbonyl (C=O) groups is 1. The van der Waals surface area contributed by atoms with Gasteiger partial charge >= 0.3 is 0 Å². The van der Waals surface area contributed by atoms with Gasteiger partial charge in [-0.15, -0.1) is 0 Å². The van der Waals surface area contributed by atoms with Crippen molar-refractivity contribution in [3.63, 3.8) is 0 Å². The highest BCUT2D eigenvalue weighted by Gasteiger charge is 2.30. The number of amides is 1. The van der Waals surface area contributed by atoms with Gasteiger partial charge in [-0.3, -0.25) is 9.69 Å². The molecule has 1 aliphatic rings. The van der Waals surface area contributed by atoms with Crippen LogP contribution < -0.4 is 14.4 Å². The van der Waals surface area contributed by atoms with Crippen molar-refractivity contribution in [2.75, 3.05) is 11.5 Å². The van der Waals surface area contributed by atoms with Gasteiger partial charge in [0, 0.05) is 6.07 Å². The Balaban J connectivity index is 1.94. The Morgan fingerprint density at radius 2 is 2.04 bits per heavy atom. The number of anilines is 1. The van der Waals surface area contributed by atoms with Crippen LogP contribution in [-0.2, 0) is 0 Å². The van der Waals surface area contributed by atoms with Crippen molar-refractivity contribution in [3.8, 4) is 11.6 Å². The van der Waals surface area contributed by atoms with Crippen molar-refractivity contribution in [1.29, 1.82) is 0 Å². The topological polar surface area (TPSA) is 51.7 Å². The van der Waals surface area contributed by atoms with Gasteiger partial charge in [0.25, 0.3) is 5.91 Å². The number of carbonyl (C=O) groups excluding carboxylic acids is 1. The molecule has 0 radical (unpaired) electrons. The summed E-state index contributed by atoms with van der Waals surface area (Å²) >= 11 is 0. The van der Waals surface area contributed by atoms with E-state index >= 15 is 0 Å². The lowest BCUT2D eigenvalue weighted by Crippen LogP contribution is -2.45. The minimum absolute atomic E-state index is 0.0101. The third-order valence-corrected chi connectivity index (χ3v) is 3.56. The summed E-state index contributed by atoms with van der Waals surface area (Å²) < 4.78 is 11.3. The van der Waals surface area contributed by atoms with E-state index < -0.39 is 0 Å². The Morgan fingerprint density at radius 3 is 2.83 bits per heavy atom. The van der Waals surface area contributed by atoms with Gasteiger partial charge in [0.1, 0.15) is 18.1 Å². The molecule has 1 aliphatic heterocycles. The molecule has 120 valence electrons. The van der Waals surface area contributed by atoms with Crippen LogP contribution in [0.2, 0.25) is 0 Å². The molecule has 0 fully saturated rings. The van der Waals surface area contributed by atoms with Crippen LogP contribution in [0.5, 0.6) is 11.6 Å². The van der Waals surface area contributed by atoms with Crippen LogP contribution >= 0.6 is 0 Å². The third-order valence-electron chi connectivity index (χ3n) is 3.56. The third kappa shape index (κ3) is 3.13. The molecule has 3 rings (SSSR count). The van der Waals surface area contributed by atoms with Gasteiger partial charge in [-0.1, -0.05) is 18.2 Å². The molecule has 0 saturated heterocycles. The Hall–Kier alpha value is -2.56. The maximum absolute atomic E-state index is 13.0. The lowest BCUT2D eigenvalue weighted by atomic mass is 10.1. The van der Waals surface area contributed by atoms with Gasteiger partial charge in [0.15, 0.2) is 0 Å². The van der Waals surface area contributed by atoms with Crippen LogP contribution in [0.25, 0.3) is 0 Å². The Morgan fingerprint density at radius 1 is 1.26 bits per heavy atom. The first-order valence-corrected chi connectivity index (χ1v) is 7.75. The van der Waals surface area contributed by atoms with Crippen molar-refractivity contribution in [1.82, 2.24) is 4.98 Å². The van der Waals surface area contributed by atoms with Crippen molar-refractivity contribution in [2.24, 2.45) is 0 Å². The summed E-state index contributed by atoms with van der Waals surface area (Å²) in [5.41, 5.74) is 1.14. The van der Waals surface area contributed by atoms with Crippen LogP contribution in [0, 0.1) is 0 Å². The lowest BCUT2D eigenvalue weighted by molar-refractivity contribution is 0.0954. The van der Waals surface area contributed by atoms with E-state index in [1.165, 1.54) is 0 Å². The number of aromatic nitrogens is 1. The number of ether oxygens (including phenoxy) is 2. The standard InChI is InChI=1S/C18H20N2O3/c1-12(2)23-17-10-6-7-14(19-17)18(21)20-13(3)11-22-16-9-5-4-8-15(16)20/h4-10,12-13H,11H2,1-3H3. The van der Waals surface area contributed by atoms with Gasteiger partial charge < -0.3 is 9.47 Å². The highest BCUT2D eigenvalue weighted by Crippen LogP contribution is 2.34. The number of hydrogen-bond acceptors (Lipinski definition) is 4. The molecule has 1 atom stereocenters. The van der Waals surface area contributed by atoms with Crippen molar-refractivity contribution >= 4 is 11.6 Å². The average molecular weight is 312 g/mol. The van der Waals surface area contributed by atoms with E-state index in [0.29, 0.717) is 23.9 Å². The summed E-state index contributed by atoms with van der Waals surface area (Å²) in [7, 11) is 0. The number of fused-ring (bicyclic) bond motifs is 1. The number of benzene rings is 1. The van der Waals surface area contributed by atoms with Gasteiger partial charge in [-0.05, 0) is 39.0 Å². The number of hydrogen-bond donors (Lipinski definition) is 0. The van der Waals surface area contributed by atoms with Gasteiger partial charge in [-0.25, -0.2) is 4.98 Å². The summed E-state index contributed by atoms with van der Waals surface area (Å²) in [4.78, 5) is 19.0. The summed E-state index contributed by atoms with van der Waals surface area (Å²) in [5, 5.41) is 0. The number of para-hydroxylation sites is 2. The average Bonchev–Trinajstić information content (AvgIpc) is 2.54. The van der Waals surface area contributed by atoms with E-state index in [2.05, 4.69) is 4.98 Å². The van der Waals surface area contributed by atoms with Gasteiger partial charge in [0.05, 0.1) is 17.8 Å². The second-order valence-corrected chi connectivity index (χ2v) is 5.83. The second-order valence-electron chi connectivity index (χ2n) is 5.83. The molecule has 2 heterocycles. The second kappa shape index (κ2) is 6.28. The lowest BCUT2D eigenvalue weighted by Gasteiger charge is -2.34. The van der Waals surface area contributed by atoms with E-state index in [1.54, 1.807) is 23.1 Å². The molecular formula is C18H20N2O3. The largest absolute Gasteiger partial charge is 0.489 e. The van der Waals surface area contributed by atoms with Crippen molar-refractivity contribution < 1.29 is 14.3 Å². The maximum Gasteiger partial charge on any atom is 0.277 e. The first kappa shape index (κ1) is 15.3. The summed E-state index contributed by atoms with van der Waals surface area (Å²) in [6, 6.07) is 12.7. The zero-order valence-electron chi connectivity index (χ0n) is 13.5. The number of pyridine rings is 1. The van der Waals surface area contributed by atoms with Crippen LogP contribution in [-0.4, -0.2) is 29.6 Å². The Labute approximate surface area is 135 Å². The minimum atomic E-state index is -0.151. The van der Waals surface area contributed by atoms with Crippen LogP contribution in [0.15, 0.2) is 42.5 Å². The fourth-order valence-electron chi connectivity index (χ4n) is 2.57. The monoisotopic (exact) mass is 312 g/mol. The molecule has 0 aliphatic carbocycles. The molecule has 0 saturated carbocycles. The fourth-order valence-corrected chi connectivity index (χ4v) is 2.57. The summed E-state index contributed by atoms with van der Waals surface area (Å²) in [5.74, 6) is 1.02. The number of nitrogens with zero attached hydrogens (tertiary/aromatic N) is 2. The molecular weight excluding hydrogens is 292 g/mol. The Kier molecular flexibility index (Phi) is 4.19. The van der Waals surface area contributed by atoms with Crippen molar-refractivity contribution in [2.45, 2.75) is 32.9 Å². The molecule has 5 heteroatoms. The van der Waals surface area contributed by atoms with Gasteiger partial charge in [0.2, 0.25) is 5.88 Å². The molecule has 0 bridgehead atoms. The van der Waals surface area contributed by atoms with E-state index in [-0.39, 0.29) is 18.1 Å². The summed E-state index contributed by atoms with van der Waals surface area (Å²) in [6.45, 7) is 6.28. The molecule has 23 heavy (non-hydrogen) atoms. The fraction of sp³-hybridized carbons (Fsp3) is 0.333. The molecule has 2 aromatic rings. The Bertz CT molecular complexity index is 715. The predicted molar refractivity (Wildman–Crippen MR) is 88.2 cm³/mol. The molecule has 1 amide bonds. The van der Waals surface area contributed by atoms with E-state index in [0.717, 1.165) is 5.69 Å². The van der Waals surface area contributed by atoms with Gasteiger partial charge in [-0.2, -0.15) is 0 Å². The molecule has 5 nitrogen and oxygen atoms in total. The highest BCUT2D eigenvalue weighted by atomic mass is 16.5. The molecule has 1 aromatic heterocycles. The first-order valence-electron chi connectivity index (χ1n) is 7.75. The predicted octanol–water partition coefficient (Wildman–Crippen LogP) is 3.30. The normalized spacial score (nSPS) is 16.7. The molecule has 1 unspecified atom stereocenters. The first-order chi connectivity index (χ1) is 11.1. The smallest absolute Gasteiger partial charge is 0.277 e. The quantitative estimate of drug-likeness (QED) is 0.872. The maximum atomic E-state index is 13.0. The van der Waals surface area contributed by atoms with E-state index in [1.807, 2.05) is 45.0 Å². The van der Waals surface area contributed by atoms with E-state index in [4.69, 9.17) is 9.47 Å². The van der Waals surface area contributed by atoms with Crippen molar-refractivity contribution in [3.05, 3.63) is 48.2 Å². The SMILES string of the molecule is CC(C)Oc1cccc(C(=O)N2c3ccccc3OCC2C)n1. The minimum Gasteiger partial charge on any atom is -0.489 e. The van der Waals surface area contributed by atoms with Crippen LogP contribution in [0.3, 0.4) is 0 Å². The summed E-state index contributed by atoms with van der Waals surface area (Å²) in [6.07, 6.45) is 0.0101. The molecule has 0 spiro atoms. The van der Waals surface area contributed by atoms with E-state index in [9.17, 15) is 4.79 Å².